The first-order chi connectivity index (χ1) is 8.43. The van der Waals surface area contributed by atoms with Crippen LogP contribution in [0.5, 0.6) is 0 Å². The monoisotopic (exact) mass is 322 g/mol. The molecule has 1 aliphatic rings. The van der Waals surface area contributed by atoms with E-state index in [-0.39, 0.29) is 15.0 Å². The van der Waals surface area contributed by atoms with Crippen molar-refractivity contribution in [3.63, 3.8) is 0 Å². The Bertz CT molecular complexity index is 378. The third kappa shape index (κ3) is 4.16. The molecule has 0 bridgehead atoms. The quantitative estimate of drug-likeness (QED) is 0.316. The Morgan fingerprint density at radius 1 is 1.06 bits per heavy atom. The number of hydrogen-bond acceptors (Lipinski definition) is 6. The Labute approximate surface area is 111 Å². The summed E-state index contributed by atoms with van der Waals surface area (Å²) in [6, 6.07) is 0. The average Bonchev–Trinajstić information content (AvgIpc) is 2.28. The molecule has 3 atom stereocenters. The van der Waals surface area contributed by atoms with Crippen LogP contribution in [0.1, 0.15) is 13.8 Å². The van der Waals surface area contributed by atoms with Gasteiger partial charge in [0.1, 0.15) is 0 Å². The van der Waals surface area contributed by atoms with E-state index < -0.39 is 33.8 Å². The first-order valence-corrected chi connectivity index (χ1v) is 7.18. The Kier molecular flexibility index (Phi) is 5.37. The van der Waals surface area contributed by atoms with Crippen molar-refractivity contribution in [2.45, 2.75) is 29.8 Å². The van der Waals surface area contributed by atoms with Gasteiger partial charge in [-0.15, -0.1) is 0 Å². The molecule has 0 saturated heterocycles. The molecular weight excluding hydrogens is 307 g/mol. The zero-order valence-electron chi connectivity index (χ0n) is 10.2. The van der Waals surface area contributed by atoms with Crippen LogP contribution in [0.2, 0.25) is 4.82 Å². The molecule has 0 spiro atoms. The summed E-state index contributed by atoms with van der Waals surface area (Å²) in [5.41, 5.74) is 0. The molecule has 0 aromatic rings. The summed E-state index contributed by atoms with van der Waals surface area (Å²) in [5.74, 6) is -1.36. The first kappa shape index (κ1) is 14.7. The van der Waals surface area contributed by atoms with Gasteiger partial charge in [-0.1, -0.05) is 0 Å². The molecule has 0 N–H and O–H groups in total. The van der Waals surface area contributed by atoms with Crippen molar-refractivity contribution in [2.24, 2.45) is 0 Å². The van der Waals surface area contributed by atoms with E-state index in [0.717, 1.165) is 0 Å². The van der Waals surface area contributed by atoms with Gasteiger partial charge in [0.15, 0.2) is 0 Å². The van der Waals surface area contributed by atoms with Gasteiger partial charge in [-0.05, 0) is 0 Å². The zero-order chi connectivity index (χ0) is 13.7. The topological polar surface area (TPSA) is 78.9 Å². The van der Waals surface area contributed by atoms with Crippen LogP contribution in [0.25, 0.3) is 0 Å². The van der Waals surface area contributed by atoms with E-state index >= 15 is 0 Å². The molecule has 0 aromatic carbocycles. The number of carbonyl (C=O) groups excluding carboxylic acids is 3. The molecule has 0 aliphatic carbocycles. The van der Waals surface area contributed by atoms with Crippen LogP contribution < -0.4 is 0 Å². The van der Waals surface area contributed by atoms with Crippen molar-refractivity contribution in [1.82, 2.24) is 0 Å². The number of hydrogen-bond donors (Lipinski definition) is 0. The van der Waals surface area contributed by atoms with Crippen LogP contribution in [0.3, 0.4) is 0 Å². The molecular formula is C11H14O6Se. The van der Waals surface area contributed by atoms with Crippen LogP contribution in [0.4, 0.5) is 0 Å². The second-order valence-electron chi connectivity index (χ2n) is 3.52. The molecule has 0 saturated carbocycles. The van der Waals surface area contributed by atoms with Crippen molar-refractivity contribution >= 4 is 32.9 Å². The Morgan fingerprint density at radius 3 is 2.17 bits per heavy atom. The Balaban J connectivity index is 2.80. The molecule has 100 valence electrons. The molecule has 0 amide bonds. The van der Waals surface area contributed by atoms with Crippen molar-refractivity contribution in [1.29, 1.82) is 0 Å². The van der Waals surface area contributed by atoms with Gasteiger partial charge in [-0.25, -0.2) is 0 Å². The maximum absolute atomic E-state index is 11.6. The van der Waals surface area contributed by atoms with Crippen LogP contribution in [-0.2, 0) is 28.6 Å². The van der Waals surface area contributed by atoms with E-state index in [4.69, 9.17) is 9.47 Å². The second kappa shape index (κ2) is 6.56. The predicted molar refractivity (Wildman–Crippen MR) is 61.8 cm³/mol. The number of methoxy groups -OCH3 is 1. The SMILES string of the molecule is COC(=O)C1[Se][C@@H](OC(C)=O)C=C[C@H]1OC(C)=O. The standard InChI is InChI=1S/C11H14O6Se/c1-6(12)16-8-4-5-9(17-7(2)13)18-10(8)11(14)15-3/h4-5,8-10H,1-3H3/t8-,9-,10?/m1/s1. The summed E-state index contributed by atoms with van der Waals surface area (Å²) in [6.07, 6.45) is 2.54. The fourth-order valence-electron chi connectivity index (χ4n) is 1.40. The normalized spacial score (nSPS) is 26.3. The Hall–Kier alpha value is -1.33. The summed E-state index contributed by atoms with van der Waals surface area (Å²) >= 11 is -0.381. The van der Waals surface area contributed by atoms with Gasteiger partial charge in [-0.2, -0.15) is 0 Å². The molecule has 0 aromatic heterocycles. The van der Waals surface area contributed by atoms with Crippen LogP contribution >= 0.6 is 0 Å². The molecule has 1 unspecified atom stereocenters. The minimum atomic E-state index is -0.651. The summed E-state index contributed by atoms with van der Waals surface area (Å²) < 4.78 is 14.7. The summed E-state index contributed by atoms with van der Waals surface area (Å²) in [4.78, 5) is 32.8. The second-order valence-corrected chi connectivity index (χ2v) is 6.13. The zero-order valence-corrected chi connectivity index (χ0v) is 12.0. The molecule has 1 heterocycles. The predicted octanol–water partition coefficient (Wildman–Crippen LogP) is 0.0428. The van der Waals surface area contributed by atoms with Crippen molar-refractivity contribution in [2.75, 3.05) is 7.11 Å². The fraction of sp³-hybridized carbons (Fsp3) is 0.545. The molecule has 7 heteroatoms. The number of rotatable bonds is 3. The molecule has 1 rings (SSSR count). The van der Waals surface area contributed by atoms with E-state index in [1.807, 2.05) is 0 Å². The van der Waals surface area contributed by atoms with Gasteiger partial charge in [0.25, 0.3) is 0 Å². The van der Waals surface area contributed by atoms with Crippen molar-refractivity contribution < 1.29 is 28.6 Å². The van der Waals surface area contributed by atoms with Crippen molar-refractivity contribution in [3.8, 4) is 0 Å². The van der Waals surface area contributed by atoms with Gasteiger partial charge in [0.05, 0.1) is 0 Å². The first-order valence-electron chi connectivity index (χ1n) is 5.20. The third-order valence-electron chi connectivity index (χ3n) is 2.05. The third-order valence-corrected chi connectivity index (χ3v) is 4.73. The van der Waals surface area contributed by atoms with Crippen LogP contribution in [-0.4, -0.2) is 51.1 Å². The summed E-state index contributed by atoms with van der Waals surface area (Å²) in [7, 11) is 1.27. The summed E-state index contributed by atoms with van der Waals surface area (Å²) in [5, 5.41) is -0.439. The molecule has 1 aliphatic heterocycles. The van der Waals surface area contributed by atoms with Gasteiger partial charge in [0, 0.05) is 0 Å². The number of carbonyl (C=O) groups is 3. The number of esters is 3. The van der Waals surface area contributed by atoms with Crippen LogP contribution in [0, 0.1) is 0 Å². The molecule has 18 heavy (non-hydrogen) atoms. The number of ether oxygens (including phenoxy) is 3. The van der Waals surface area contributed by atoms with Gasteiger partial charge < -0.3 is 0 Å². The van der Waals surface area contributed by atoms with E-state index in [0.29, 0.717) is 0 Å². The van der Waals surface area contributed by atoms with Crippen LogP contribution in [0.15, 0.2) is 12.2 Å². The Morgan fingerprint density at radius 2 is 1.67 bits per heavy atom. The molecule has 6 nitrogen and oxygen atoms in total. The maximum atomic E-state index is 11.6. The van der Waals surface area contributed by atoms with E-state index in [1.165, 1.54) is 21.0 Å². The molecule has 0 fully saturated rings. The minimum absolute atomic E-state index is 0.381. The molecule has 0 radical (unpaired) electrons. The van der Waals surface area contributed by atoms with Gasteiger partial charge in [-0.3, -0.25) is 0 Å². The van der Waals surface area contributed by atoms with E-state index in [9.17, 15) is 14.4 Å². The van der Waals surface area contributed by atoms with E-state index in [2.05, 4.69) is 4.74 Å². The fourth-order valence-corrected chi connectivity index (χ4v) is 3.85. The summed E-state index contributed by atoms with van der Waals surface area (Å²) in [6.45, 7) is 2.57. The van der Waals surface area contributed by atoms with E-state index in [1.54, 1.807) is 12.2 Å². The van der Waals surface area contributed by atoms with Gasteiger partial charge >= 0.3 is 110 Å². The van der Waals surface area contributed by atoms with Crippen molar-refractivity contribution in [3.05, 3.63) is 12.2 Å². The van der Waals surface area contributed by atoms with Gasteiger partial charge in [0.2, 0.25) is 0 Å². The average molecular weight is 321 g/mol.